The maximum atomic E-state index is 12.2. The standard InChI is InChI=1S/C15H22Cl2N2O/c1-3-4-5-6-7-10(2)19-15(20)12-8-11(18)9-13(16)14(12)17/h8-10H,3-7,18H2,1-2H3,(H,19,20). The summed E-state index contributed by atoms with van der Waals surface area (Å²) in [6.07, 6.45) is 5.71. The van der Waals surface area contributed by atoms with E-state index in [4.69, 9.17) is 28.9 Å². The summed E-state index contributed by atoms with van der Waals surface area (Å²) < 4.78 is 0. The van der Waals surface area contributed by atoms with Crippen molar-refractivity contribution in [1.29, 1.82) is 0 Å². The van der Waals surface area contributed by atoms with E-state index in [-0.39, 0.29) is 17.0 Å². The lowest BCUT2D eigenvalue weighted by Crippen LogP contribution is -2.32. The highest BCUT2D eigenvalue weighted by Gasteiger charge is 2.16. The lowest BCUT2D eigenvalue weighted by molar-refractivity contribution is 0.0938. The molecular formula is C15H22Cl2N2O. The van der Waals surface area contributed by atoms with Crippen molar-refractivity contribution in [2.45, 2.75) is 52.0 Å². The highest BCUT2D eigenvalue weighted by Crippen LogP contribution is 2.28. The highest BCUT2D eigenvalue weighted by atomic mass is 35.5. The molecule has 0 saturated carbocycles. The van der Waals surface area contributed by atoms with E-state index in [0.717, 1.165) is 12.8 Å². The van der Waals surface area contributed by atoms with Gasteiger partial charge in [-0.3, -0.25) is 4.79 Å². The summed E-state index contributed by atoms with van der Waals surface area (Å²) in [7, 11) is 0. The summed E-state index contributed by atoms with van der Waals surface area (Å²) in [4.78, 5) is 12.2. The smallest absolute Gasteiger partial charge is 0.253 e. The molecule has 1 amide bonds. The Morgan fingerprint density at radius 1 is 1.30 bits per heavy atom. The van der Waals surface area contributed by atoms with Gasteiger partial charge in [0.1, 0.15) is 0 Å². The zero-order valence-corrected chi connectivity index (χ0v) is 13.5. The number of nitrogen functional groups attached to an aromatic ring is 1. The molecule has 1 aromatic rings. The number of benzene rings is 1. The molecule has 0 aliphatic rings. The van der Waals surface area contributed by atoms with Gasteiger partial charge < -0.3 is 11.1 Å². The third-order valence-corrected chi connectivity index (χ3v) is 3.97. The summed E-state index contributed by atoms with van der Waals surface area (Å²) >= 11 is 12.0. The molecule has 0 aromatic heterocycles. The molecule has 3 N–H and O–H groups in total. The first-order chi connectivity index (χ1) is 9.45. The molecule has 0 aliphatic heterocycles. The van der Waals surface area contributed by atoms with E-state index in [1.165, 1.54) is 25.3 Å². The molecule has 0 fully saturated rings. The predicted molar refractivity (Wildman–Crippen MR) is 86.6 cm³/mol. The van der Waals surface area contributed by atoms with Crippen molar-refractivity contribution < 1.29 is 4.79 Å². The molecule has 1 rings (SSSR count). The molecule has 112 valence electrons. The number of hydrogen-bond acceptors (Lipinski definition) is 2. The second-order valence-corrected chi connectivity index (χ2v) is 5.87. The second-order valence-electron chi connectivity index (χ2n) is 5.09. The van der Waals surface area contributed by atoms with Crippen molar-refractivity contribution in [3.8, 4) is 0 Å². The van der Waals surface area contributed by atoms with Crippen molar-refractivity contribution in [2.24, 2.45) is 0 Å². The summed E-state index contributed by atoms with van der Waals surface area (Å²) in [6, 6.07) is 3.19. The van der Waals surface area contributed by atoms with E-state index in [0.29, 0.717) is 16.3 Å². The normalized spacial score (nSPS) is 12.2. The molecule has 0 saturated heterocycles. The number of halogens is 2. The fraction of sp³-hybridized carbons (Fsp3) is 0.533. The van der Waals surface area contributed by atoms with Gasteiger partial charge in [-0.1, -0.05) is 55.8 Å². The Morgan fingerprint density at radius 3 is 2.65 bits per heavy atom. The molecule has 1 atom stereocenters. The SMILES string of the molecule is CCCCCCC(C)NC(=O)c1cc(N)cc(Cl)c1Cl. The summed E-state index contributed by atoms with van der Waals surface area (Å²) in [5.41, 5.74) is 6.45. The topological polar surface area (TPSA) is 55.1 Å². The van der Waals surface area contributed by atoms with Gasteiger partial charge in [0, 0.05) is 11.7 Å². The van der Waals surface area contributed by atoms with Gasteiger partial charge >= 0.3 is 0 Å². The fourth-order valence-corrected chi connectivity index (χ4v) is 2.45. The quantitative estimate of drug-likeness (QED) is 0.567. The van der Waals surface area contributed by atoms with Gasteiger partial charge in [-0.25, -0.2) is 0 Å². The number of carbonyl (C=O) groups excluding carboxylic acids is 1. The van der Waals surface area contributed by atoms with Gasteiger partial charge in [0.2, 0.25) is 0 Å². The van der Waals surface area contributed by atoms with Crippen LogP contribution in [0.1, 0.15) is 56.3 Å². The van der Waals surface area contributed by atoms with Crippen LogP contribution in [0.15, 0.2) is 12.1 Å². The molecule has 20 heavy (non-hydrogen) atoms. The van der Waals surface area contributed by atoms with Gasteiger partial charge in [-0.05, 0) is 25.5 Å². The Hall–Kier alpha value is -0.930. The van der Waals surface area contributed by atoms with Crippen molar-refractivity contribution >= 4 is 34.8 Å². The summed E-state index contributed by atoms with van der Waals surface area (Å²) in [5, 5.41) is 3.48. The van der Waals surface area contributed by atoms with E-state index in [2.05, 4.69) is 12.2 Å². The van der Waals surface area contributed by atoms with Crippen LogP contribution in [0.5, 0.6) is 0 Å². The van der Waals surface area contributed by atoms with Crippen LogP contribution in [0, 0.1) is 0 Å². The van der Waals surface area contributed by atoms with Crippen LogP contribution in [0.2, 0.25) is 10.0 Å². The lowest BCUT2D eigenvalue weighted by Gasteiger charge is -2.15. The van der Waals surface area contributed by atoms with E-state index >= 15 is 0 Å². The molecule has 1 aromatic carbocycles. The largest absolute Gasteiger partial charge is 0.399 e. The van der Waals surface area contributed by atoms with Crippen LogP contribution in [0.4, 0.5) is 5.69 Å². The van der Waals surface area contributed by atoms with Gasteiger partial charge in [0.25, 0.3) is 5.91 Å². The van der Waals surface area contributed by atoms with E-state index in [9.17, 15) is 4.79 Å². The predicted octanol–water partition coefficient (Wildman–Crippen LogP) is 4.66. The molecule has 5 heteroatoms. The maximum Gasteiger partial charge on any atom is 0.253 e. The molecule has 0 bridgehead atoms. The highest BCUT2D eigenvalue weighted by molar-refractivity contribution is 6.44. The number of nitrogens with one attached hydrogen (secondary N) is 1. The van der Waals surface area contributed by atoms with Crippen molar-refractivity contribution in [3.63, 3.8) is 0 Å². The first-order valence-electron chi connectivity index (χ1n) is 7.01. The molecule has 1 unspecified atom stereocenters. The van der Waals surface area contributed by atoms with Crippen LogP contribution in [0.3, 0.4) is 0 Å². The zero-order chi connectivity index (χ0) is 15.1. The number of rotatable bonds is 7. The number of amides is 1. The van der Waals surface area contributed by atoms with Crippen molar-refractivity contribution in [2.75, 3.05) is 5.73 Å². The summed E-state index contributed by atoms with van der Waals surface area (Å²) in [5.74, 6) is -0.229. The minimum absolute atomic E-state index is 0.107. The van der Waals surface area contributed by atoms with Crippen LogP contribution in [-0.2, 0) is 0 Å². The Kier molecular flexibility index (Phi) is 7.17. The Labute approximate surface area is 130 Å². The average Bonchev–Trinajstić information content (AvgIpc) is 2.38. The molecule has 0 aliphatic carbocycles. The van der Waals surface area contributed by atoms with Crippen LogP contribution in [-0.4, -0.2) is 11.9 Å². The number of unbranched alkanes of at least 4 members (excludes halogenated alkanes) is 3. The first kappa shape index (κ1) is 17.1. The minimum atomic E-state index is -0.229. The van der Waals surface area contributed by atoms with Crippen molar-refractivity contribution in [3.05, 3.63) is 27.7 Å². The Bertz CT molecular complexity index is 463. The fourth-order valence-electron chi connectivity index (χ4n) is 2.03. The third-order valence-electron chi connectivity index (χ3n) is 3.16. The number of carbonyl (C=O) groups is 1. The molecule has 0 heterocycles. The average molecular weight is 317 g/mol. The van der Waals surface area contributed by atoms with Gasteiger partial charge in [0.15, 0.2) is 0 Å². The monoisotopic (exact) mass is 316 g/mol. The third kappa shape index (κ3) is 5.22. The van der Waals surface area contributed by atoms with Gasteiger partial charge in [0.05, 0.1) is 15.6 Å². The van der Waals surface area contributed by atoms with Crippen LogP contribution in [0.25, 0.3) is 0 Å². The lowest BCUT2D eigenvalue weighted by atomic mass is 10.1. The van der Waals surface area contributed by atoms with E-state index < -0.39 is 0 Å². The number of anilines is 1. The molecule has 0 radical (unpaired) electrons. The second kappa shape index (κ2) is 8.38. The summed E-state index contributed by atoms with van der Waals surface area (Å²) in [6.45, 7) is 4.17. The van der Waals surface area contributed by atoms with Gasteiger partial charge in [-0.15, -0.1) is 0 Å². The van der Waals surface area contributed by atoms with E-state index in [1.54, 1.807) is 6.07 Å². The molecular weight excluding hydrogens is 295 g/mol. The number of hydrogen-bond donors (Lipinski definition) is 2. The first-order valence-corrected chi connectivity index (χ1v) is 7.76. The Balaban J connectivity index is 2.58. The zero-order valence-electron chi connectivity index (χ0n) is 12.0. The molecule has 0 spiro atoms. The van der Waals surface area contributed by atoms with Crippen molar-refractivity contribution in [1.82, 2.24) is 5.32 Å². The van der Waals surface area contributed by atoms with Crippen LogP contribution >= 0.6 is 23.2 Å². The maximum absolute atomic E-state index is 12.2. The number of nitrogens with two attached hydrogens (primary N) is 1. The van der Waals surface area contributed by atoms with E-state index in [1.807, 2.05) is 6.92 Å². The minimum Gasteiger partial charge on any atom is -0.399 e. The Morgan fingerprint density at radius 2 is 2.00 bits per heavy atom. The molecule has 3 nitrogen and oxygen atoms in total. The van der Waals surface area contributed by atoms with Gasteiger partial charge in [-0.2, -0.15) is 0 Å². The van der Waals surface area contributed by atoms with Crippen LogP contribution < -0.4 is 11.1 Å².